The number of nitrogens with two attached hydrogens (primary N) is 1. The number of amides is 1. The molecule has 4 N–H and O–H groups in total. The molecule has 0 aliphatic carbocycles. The van der Waals surface area contributed by atoms with Crippen molar-refractivity contribution in [2.24, 2.45) is 11.1 Å². The van der Waals surface area contributed by atoms with Crippen molar-refractivity contribution in [3.05, 3.63) is 34.6 Å². The molecule has 24 heavy (non-hydrogen) atoms. The molecule has 1 aromatic heterocycles. The average molecular weight is 394 g/mol. The number of H-pyrrole nitrogens is 1. The topological polar surface area (TPSA) is 106 Å². The second-order valence-corrected chi connectivity index (χ2v) is 6.81. The first kappa shape index (κ1) is 17.1. The number of nitrogens with one attached hydrogen (secondary N) is 2. The van der Waals surface area contributed by atoms with Crippen molar-refractivity contribution in [3.8, 4) is 11.4 Å². The van der Waals surface area contributed by atoms with Crippen molar-refractivity contribution < 1.29 is 9.53 Å². The van der Waals surface area contributed by atoms with Gasteiger partial charge in [-0.2, -0.15) is 5.10 Å². The SMILES string of the molecule is NCC1(C(=O)NCc2nc(-c3ccc(Br)cc3)n[nH]2)CCOCC1. The summed E-state index contributed by atoms with van der Waals surface area (Å²) in [5.74, 6) is 1.17. The van der Waals surface area contributed by atoms with Gasteiger partial charge in [0.05, 0.1) is 12.0 Å². The molecule has 0 spiro atoms. The molecule has 0 radical (unpaired) electrons. The maximum absolute atomic E-state index is 12.5. The quantitative estimate of drug-likeness (QED) is 0.715. The van der Waals surface area contributed by atoms with Crippen molar-refractivity contribution in [1.82, 2.24) is 20.5 Å². The molecule has 1 aromatic carbocycles. The normalized spacial score (nSPS) is 16.8. The molecule has 128 valence electrons. The zero-order chi connectivity index (χ0) is 17.0. The van der Waals surface area contributed by atoms with E-state index in [2.05, 4.69) is 36.4 Å². The molecule has 2 heterocycles. The van der Waals surface area contributed by atoms with Crippen LogP contribution < -0.4 is 11.1 Å². The van der Waals surface area contributed by atoms with Gasteiger partial charge in [0.2, 0.25) is 5.91 Å². The van der Waals surface area contributed by atoms with Crippen LogP contribution in [0.25, 0.3) is 11.4 Å². The van der Waals surface area contributed by atoms with Crippen LogP contribution in [0.4, 0.5) is 0 Å². The van der Waals surface area contributed by atoms with Crippen LogP contribution in [0.15, 0.2) is 28.7 Å². The van der Waals surface area contributed by atoms with Gasteiger partial charge in [-0.15, -0.1) is 0 Å². The summed E-state index contributed by atoms with van der Waals surface area (Å²) < 4.78 is 6.33. The Hall–Kier alpha value is -1.77. The average Bonchev–Trinajstić information content (AvgIpc) is 3.10. The predicted molar refractivity (Wildman–Crippen MR) is 92.9 cm³/mol. The molecule has 1 amide bonds. The van der Waals surface area contributed by atoms with Gasteiger partial charge in [-0.3, -0.25) is 9.89 Å². The fourth-order valence-electron chi connectivity index (χ4n) is 2.74. The Labute approximate surface area is 148 Å². The molecule has 1 aliphatic heterocycles. The number of aromatic nitrogens is 3. The minimum absolute atomic E-state index is 0.0464. The lowest BCUT2D eigenvalue weighted by atomic mass is 9.79. The number of carbonyl (C=O) groups excluding carboxylic acids is 1. The van der Waals surface area contributed by atoms with E-state index >= 15 is 0 Å². The van der Waals surface area contributed by atoms with Gasteiger partial charge in [-0.1, -0.05) is 28.1 Å². The first-order chi connectivity index (χ1) is 11.6. The fourth-order valence-corrected chi connectivity index (χ4v) is 3.00. The largest absolute Gasteiger partial charge is 0.381 e. The minimum atomic E-state index is -0.535. The van der Waals surface area contributed by atoms with E-state index in [1.54, 1.807) is 0 Å². The molecule has 8 heteroatoms. The lowest BCUT2D eigenvalue weighted by Crippen LogP contribution is -2.49. The summed E-state index contributed by atoms with van der Waals surface area (Å²) in [6.07, 6.45) is 1.30. The first-order valence-corrected chi connectivity index (χ1v) is 8.66. The number of nitrogens with zero attached hydrogens (tertiary/aromatic N) is 2. The maximum atomic E-state index is 12.5. The van der Waals surface area contributed by atoms with Crippen LogP contribution in [0.1, 0.15) is 18.7 Å². The first-order valence-electron chi connectivity index (χ1n) is 7.86. The molecule has 1 aliphatic rings. The second-order valence-electron chi connectivity index (χ2n) is 5.89. The number of benzene rings is 1. The molecule has 0 saturated carbocycles. The lowest BCUT2D eigenvalue weighted by Gasteiger charge is -2.34. The number of rotatable bonds is 5. The van der Waals surface area contributed by atoms with Crippen LogP contribution in [0.3, 0.4) is 0 Å². The third kappa shape index (κ3) is 3.66. The Kier molecular flexibility index (Phi) is 5.27. The molecule has 2 aromatic rings. The Morgan fingerprint density at radius 2 is 2.04 bits per heavy atom. The fraction of sp³-hybridized carbons (Fsp3) is 0.438. The lowest BCUT2D eigenvalue weighted by molar-refractivity contribution is -0.136. The minimum Gasteiger partial charge on any atom is -0.381 e. The van der Waals surface area contributed by atoms with Crippen LogP contribution in [-0.2, 0) is 16.1 Å². The highest BCUT2D eigenvalue weighted by molar-refractivity contribution is 9.10. The highest BCUT2D eigenvalue weighted by Crippen LogP contribution is 2.29. The highest BCUT2D eigenvalue weighted by atomic mass is 79.9. The second kappa shape index (κ2) is 7.42. The van der Waals surface area contributed by atoms with Gasteiger partial charge in [-0.05, 0) is 25.0 Å². The van der Waals surface area contributed by atoms with Crippen LogP contribution in [-0.4, -0.2) is 40.8 Å². The molecule has 1 fully saturated rings. The Bertz CT molecular complexity index is 695. The molecule has 0 bridgehead atoms. The van der Waals surface area contributed by atoms with E-state index in [9.17, 15) is 4.79 Å². The van der Waals surface area contributed by atoms with Gasteiger partial charge in [0.25, 0.3) is 0 Å². The number of hydrogen-bond acceptors (Lipinski definition) is 5. The van der Waals surface area contributed by atoms with Crippen LogP contribution in [0.2, 0.25) is 0 Å². The van der Waals surface area contributed by atoms with Gasteiger partial charge in [0.15, 0.2) is 5.82 Å². The molecule has 0 unspecified atom stereocenters. The molecule has 3 rings (SSSR count). The monoisotopic (exact) mass is 393 g/mol. The van der Waals surface area contributed by atoms with Gasteiger partial charge in [-0.25, -0.2) is 4.98 Å². The Morgan fingerprint density at radius 3 is 2.71 bits per heavy atom. The third-order valence-corrected chi connectivity index (χ3v) is 4.90. The van der Waals surface area contributed by atoms with Gasteiger partial charge in [0.1, 0.15) is 5.82 Å². The Balaban J connectivity index is 1.62. The van der Waals surface area contributed by atoms with E-state index in [-0.39, 0.29) is 5.91 Å². The smallest absolute Gasteiger partial charge is 0.228 e. The molecule has 7 nitrogen and oxygen atoms in total. The van der Waals surface area contributed by atoms with Crippen molar-refractivity contribution in [2.45, 2.75) is 19.4 Å². The van der Waals surface area contributed by atoms with Crippen molar-refractivity contribution in [2.75, 3.05) is 19.8 Å². The van der Waals surface area contributed by atoms with Crippen molar-refractivity contribution in [3.63, 3.8) is 0 Å². The van der Waals surface area contributed by atoms with Crippen molar-refractivity contribution >= 4 is 21.8 Å². The van der Waals surface area contributed by atoms with Gasteiger partial charge in [0, 0.05) is 29.8 Å². The van der Waals surface area contributed by atoms with E-state index in [1.165, 1.54) is 0 Å². The van der Waals surface area contributed by atoms with Crippen LogP contribution in [0, 0.1) is 5.41 Å². The number of halogens is 1. The van der Waals surface area contributed by atoms with Crippen molar-refractivity contribution in [1.29, 1.82) is 0 Å². The molecular weight excluding hydrogens is 374 g/mol. The summed E-state index contributed by atoms with van der Waals surface area (Å²) in [6.45, 7) is 1.76. The van der Waals surface area contributed by atoms with E-state index < -0.39 is 5.41 Å². The standard InChI is InChI=1S/C16H20BrN5O2/c17-12-3-1-11(2-4-12)14-20-13(21-22-14)9-19-15(23)16(10-18)5-7-24-8-6-16/h1-4H,5-10,18H2,(H,19,23)(H,20,21,22). The zero-order valence-electron chi connectivity index (χ0n) is 13.2. The highest BCUT2D eigenvalue weighted by Gasteiger charge is 2.38. The van der Waals surface area contributed by atoms with Crippen LogP contribution >= 0.6 is 15.9 Å². The van der Waals surface area contributed by atoms with E-state index in [0.717, 1.165) is 10.0 Å². The van der Waals surface area contributed by atoms with E-state index in [0.29, 0.717) is 50.8 Å². The summed E-state index contributed by atoms with van der Waals surface area (Å²) >= 11 is 3.40. The van der Waals surface area contributed by atoms with Gasteiger partial charge >= 0.3 is 0 Å². The molecule has 1 saturated heterocycles. The van der Waals surface area contributed by atoms with Gasteiger partial charge < -0.3 is 15.8 Å². The zero-order valence-corrected chi connectivity index (χ0v) is 14.8. The maximum Gasteiger partial charge on any atom is 0.228 e. The molecular formula is C16H20BrN5O2. The number of hydrogen-bond donors (Lipinski definition) is 3. The summed E-state index contributed by atoms with van der Waals surface area (Å²) in [5.41, 5.74) is 6.22. The number of carbonyl (C=O) groups is 1. The third-order valence-electron chi connectivity index (χ3n) is 4.37. The summed E-state index contributed by atoms with van der Waals surface area (Å²) in [7, 11) is 0. The van der Waals surface area contributed by atoms with E-state index in [4.69, 9.17) is 10.5 Å². The summed E-state index contributed by atoms with van der Waals surface area (Å²) in [4.78, 5) is 16.9. The number of ether oxygens (including phenoxy) is 1. The predicted octanol–water partition coefficient (Wildman–Crippen LogP) is 1.61. The summed E-state index contributed by atoms with van der Waals surface area (Å²) in [5, 5.41) is 9.98. The molecule has 0 atom stereocenters. The van der Waals surface area contributed by atoms with Crippen LogP contribution in [0.5, 0.6) is 0 Å². The van der Waals surface area contributed by atoms with E-state index in [1.807, 2.05) is 24.3 Å². The summed E-state index contributed by atoms with van der Waals surface area (Å²) in [6, 6.07) is 7.73. The number of aromatic amines is 1. The Morgan fingerprint density at radius 1 is 1.33 bits per heavy atom.